The summed E-state index contributed by atoms with van der Waals surface area (Å²) in [4.78, 5) is 29.3. The van der Waals surface area contributed by atoms with Gasteiger partial charge in [-0.2, -0.15) is 0 Å². The van der Waals surface area contributed by atoms with Crippen molar-refractivity contribution in [2.45, 2.75) is 59.3 Å². The van der Waals surface area contributed by atoms with Crippen molar-refractivity contribution in [1.82, 2.24) is 4.90 Å². The molecule has 0 unspecified atom stereocenters. The summed E-state index contributed by atoms with van der Waals surface area (Å²) in [6.07, 6.45) is 6.63. The number of benzene rings is 1. The summed E-state index contributed by atoms with van der Waals surface area (Å²) in [6, 6.07) is 5.89. The Morgan fingerprint density at radius 1 is 1.13 bits per heavy atom. The zero-order chi connectivity index (χ0) is 21.5. The predicted octanol–water partition coefficient (Wildman–Crippen LogP) is 5.72. The normalized spacial score (nSPS) is 22.1. The molecular formula is C25H33NO3S. The standard InChI is InChI=1S/C25H33NO3S/c1-25(2,3)24(28)23-20(19-13-18(29-4)9-10-21(19)30-23)14-22(27)26-12-11-16-7-5-6-8-17(16)15-26/h9-10,13,16-17H,5-8,11-12,14-15H2,1-4H3/t16-,17-/m1/s1. The third-order valence-corrected chi connectivity index (χ3v) is 8.07. The minimum absolute atomic E-state index is 0.108. The third kappa shape index (κ3) is 4.14. The van der Waals surface area contributed by atoms with Gasteiger partial charge in [-0.05, 0) is 48.4 Å². The van der Waals surface area contributed by atoms with Gasteiger partial charge in [-0.15, -0.1) is 11.3 Å². The molecule has 1 aromatic heterocycles. The highest BCUT2D eigenvalue weighted by Crippen LogP contribution is 2.39. The molecule has 1 amide bonds. The predicted molar refractivity (Wildman–Crippen MR) is 123 cm³/mol. The van der Waals surface area contributed by atoms with Gasteiger partial charge < -0.3 is 9.64 Å². The van der Waals surface area contributed by atoms with Crippen molar-refractivity contribution in [3.05, 3.63) is 28.6 Å². The lowest BCUT2D eigenvalue weighted by molar-refractivity contribution is -0.133. The van der Waals surface area contributed by atoms with Crippen molar-refractivity contribution in [2.75, 3.05) is 20.2 Å². The first-order chi connectivity index (χ1) is 14.3. The van der Waals surface area contributed by atoms with E-state index >= 15 is 0 Å². The van der Waals surface area contributed by atoms with Gasteiger partial charge in [0.25, 0.3) is 0 Å². The fourth-order valence-corrected chi connectivity index (χ4v) is 6.40. The second-order valence-corrected chi connectivity index (χ2v) is 11.0. The van der Waals surface area contributed by atoms with Crippen LogP contribution in [0.5, 0.6) is 5.75 Å². The smallest absolute Gasteiger partial charge is 0.227 e. The molecular weight excluding hydrogens is 394 g/mol. The maximum atomic E-state index is 13.4. The van der Waals surface area contributed by atoms with Crippen molar-refractivity contribution in [1.29, 1.82) is 0 Å². The van der Waals surface area contributed by atoms with E-state index in [1.807, 2.05) is 39.0 Å². The molecule has 5 heteroatoms. The summed E-state index contributed by atoms with van der Waals surface area (Å²) in [7, 11) is 1.65. The minimum Gasteiger partial charge on any atom is -0.497 e. The van der Waals surface area contributed by atoms with Crippen LogP contribution in [0.1, 0.15) is 68.1 Å². The number of nitrogens with zero attached hydrogens (tertiary/aromatic N) is 1. The van der Waals surface area contributed by atoms with Crippen LogP contribution in [0.15, 0.2) is 18.2 Å². The molecule has 1 aliphatic carbocycles. The number of thiophene rings is 1. The van der Waals surface area contributed by atoms with E-state index in [0.717, 1.165) is 51.7 Å². The number of carbonyl (C=O) groups excluding carboxylic acids is 2. The number of hydrogen-bond donors (Lipinski definition) is 0. The summed E-state index contributed by atoms with van der Waals surface area (Å²) in [5.41, 5.74) is 0.396. The lowest BCUT2D eigenvalue weighted by atomic mass is 9.75. The average molecular weight is 428 g/mol. The Hall–Kier alpha value is -1.88. The van der Waals surface area contributed by atoms with Crippen LogP contribution in [0.25, 0.3) is 10.1 Å². The van der Waals surface area contributed by atoms with Gasteiger partial charge in [0.05, 0.1) is 18.4 Å². The van der Waals surface area contributed by atoms with Crippen LogP contribution in [0.3, 0.4) is 0 Å². The van der Waals surface area contributed by atoms with E-state index in [2.05, 4.69) is 4.90 Å². The summed E-state index contributed by atoms with van der Waals surface area (Å²) in [5, 5.41) is 0.979. The van der Waals surface area contributed by atoms with E-state index < -0.39 is 5.41 Å². The second kappa shape index (κ2) is 8.33. The Morgan fingerprint density at radius 2 is 1.87 bits per heavy atom. The van der Waals surface area contributed by atoms with Crippen LogP contribution in [-0.2, 0) is 11.2 Å². The third-order valence-electron chi connectivity index (χ3n) is 6.86. The van der Waals surface area contributed by atoms with Crippen LogP contribution in [0.4, 0.5) is 0 Å². The van der Waals surface area contributed by atoms with Gasteiger partial charge in [-0.1, -0.05) is 40.0 Å². The van der Waals surface area contributed by atoms with Gasteiger partial charge in [0, 0.05) is 28.6 Å². The van der Waals surface area contributed by atoms with Crippen molar-refractivity contribution < 1.29 is 14.3 Å². The number of amides is 1. The van der Waals surface area contributed by atoms with Crippen LogP contribution in [0.2, 0.25) is 0 Å². The molecule has 2 atom stereocenters. The van der Waals surface area contributed by atoms with E-state index in [-0.39, 0.29) is 11.7 Å². The molecule has 2 aliphatic rings. The Kier molecular flexibility index (Phi) is 5.93. The number of rotatable bonds is 4. The van der Waals surface area contributed by atoms with Gasteiger partial charge in [0.1, 0.15) is 5.75 Å². The SMILES string of the molecule is COc1ccc2sc(C(=O)C(C)(C)C)c(CC(=O)N3CC[C@H]4CCCC[C@@H]4C3)c2c1. The molecule has 4 rings (SSSR count). The van der Waals surface area contributed by atoms with Crippen molar-refractivity contribution >= 4 is 33.1 Å². The van der Waals surface area contributed by atoms with Gasteiger partial charge in [0.2, 0.25) is 5.91 Å². The number of hydrogen-bond acceptors (Lipinski definition) is 4. The molecule has 4 nitrogen and oxygen atoms in total. The summed E-state index contributed by atoms with van der Waals surface area (Å²) < 4.78 is 6.46. The lowest BCUT2D eigenvalue weighted by Gasteiger charge is -2.41. The maximum absolute atomic E-state index is 13.4. The number of piperidine rings is 1. The second-order valence-electron chi connectivity index (χ2n) is 9.96. The zero-order valence-electron chi connectivity index (χ0n) is 18.6. The summed E-state index contributed by atoms with van der Waals surface area (Å²) >= 11 is 1.51. The first-order valence-corrected chi connectivity index (χ1v) is 12.0. The molecule has 2 fully saturated rings. The molecule has 162 valence electrons. The molecule has 30 heavy (non-hydrogen) atoms. The number of Topliss-reactive ketones (excluding diaryl/α,β-unsaturated/α-hetero) is 1. The number of carbonyl (C=O) groups is 2. The van der Waals surface area contributed by atoms with Crippen LogP contribution in [0, 0.1) is 17.3 Å². The largest absolute Gasteiger partial charge is 0.497 e. The minimum atomic E-state index is -0.483. The molecule has 0 N–H and O–H groups in total. The highest BCUT2D eigenvalue weighted by molar-refractivity contribution is 7.21. The summed E-state index contributed by atoms with van der Waals surface area (Å²) in [6.45, 7) is 7.57. The van der Waals surface area contributed by atoms with Gasteiger partial charge in [-0.3, -0.25) is 9.59 Å². The molecule has 2 aromatic rings. The van der Waals surface area contributed by atoms with Crippen molar-refractivity contribution in [2.24, 2.45) is 17.3 Å². The Balaban J connectivity index is 1.64. The molecule has 1 aromatic carbocycles. The molecule has 0 bridgehead atoms. The number of ketones is 1. The molecule has 0 spiro atoms. The maximum Gasteiger partial charge on any atom is 0.227 e. The molecule has 2 heterocycles. The number of fused-ring (bicyclic) bond motifs is 2. The van der Waals surface area contributed by atoms with Gasteiger partial charge in [-0.25, -0.2) is 0 Å². The van der Waals surface area contributed by atoms with Gasteiger partial charge >= 0.3 is 0 Å². The molecule has 1 saturated heterocycles. The topological polar surface area (TPSA) is 46.6 Å². The highest BCUT2D eigenvalue weighted by atomic mass is 32.1. The summed E-state index contributed by atoms with van der Waals surface area (Å²) in [5.74, 6) is 2.48. The molecule has 1 aliphatic heterocycles. The fraction of sp³-hybridized carbons (Fsp3) is 0.600. The van der Waals surface area contributed by atoms with E-state index in [9.17, 15) is 9.59 Å². The van der Waals surface area contributed by atoms with Crippen LogP contribution in [-0.4, -0.2) is 36.8 Å². The number of ether oxygens (including phenoxy) is 1. The monoisotopic (exact) mass is 427 g/mol. The van der Waals surface area contributed by atoms with Crippen LogP contribution >= 0.6 is 11.3 Å². The zero-order valence-corrected chi connectivity index (χ0v) is 19.4. The number of likely N-dealkylation sites (tertiary alicyclic amines) is 1. The Morgan fingerprint density at radius 3 is 2.57 bits per heavy atom. The lowest BCUT2D eigenvalue weighted by Crippen LogP contribution is -2.45. The first-order valence-electron chi connectivity index (χ1n) is 11.2. The first kappa shape index (κ1) is 21.4. The van der Waals surface area contributed by atoms with E-state index in [4.69, 9.17) is 4.74 Å². The van der Waals surface area contributed by atoms with E-state index in [0.29, 0.717) is 12.3 Å². The van der Waals surface area contributed by atoms with Crippen molar-refractivity contribution in [3.63, 3.8) is 0 Å². The van der Waals surface area contributed by atoms with E-state index in [1.165, 1.54) is 37.0 Å². The Labute approximate surface area is 183 Å². The van der Waals surface area contributed by atoms with Gasteiger partial charge in [0.15, 0.2) is 5.78 Å². The van der Waals surface area contributed by atoms with E-state index in [1.54, 1.807) is 7.11 Å². The highest BCUT2D eigenvalue weighted by Gasteiger charge is 2.34. The molecule has 0 radical (unpaired) electrons. The fourth-order valence-electron chi connectivity index (χ4n) is 5.04. The Bertz CT molecular complexity index is 955. The number of methoxy groups -OCH3 is 1. The van der Waals surface area contributed by atoms with Crippen LogP contribution < -0.4 is 4.74 Å². The average Bonchev–Trinajstić information content (AvgIpc) is 3.09. The molecule has 1 saturated carbocycles. The van der Waals surface area contributed by atoms with Crippen molar-refractivity contribution in [3.8, 4) is 5.75 Å². The quantitative estimate of drug-likeness (QED) is 0.586.